The van der Waals surface area contributed by atoms with Crippen LogP contribution in [0.5, 0.6) is 11.5 Å². The van der Waals surface area contributed by atoms with Gasteiger partial charge in [-0.05, 0) is 29.8 Å². The summed E-state index contributed by atoms with van der Waals surface area (Å²) >= 11 is 1.46. The first kappa shape index (κ1) is 18.0. The van der Waals surface area contributed by atoms with Crippen molar-refractivity contribution in [1.29, 1.82) is 0 Å². The van der Waals surface area contributed by atoms with Crippen LogP contribution in [-0.2, 0) is 11.2 Å². The summed E-state index contributed by atoms with van der Waals surface area (Å²) < 4.78 is 12.1. The fourth-order valence-corrected chi connectivity index (χ4v) is 3.64. The molecule has 0 unspecified atom stereocenters. The van der Waals surface area contributed by atoms with Crippen molar-refractivity contribution >= 4 is 28.2 Å². The van der Waals surface area contributed by atoms with Crippen LogP contribution in [0.4, 0.5) is 5.95 Å². The first-order valence-corrected chi connectivity index (χ1v) is 9.45. The molecule has 2 aromatic heterocycles. The van der Waals surface area contributed by atoms with Gasteiger partial charge in [-0.1, -0.05) is 24.3 Å². The van der Waals surface area contributed by atoms with E-state index in [1.165, 1.54) is 11.3 Å². The zero-order chi connectivity index (χ0) is 19.5. The van der Waals surface area contributed by atoms with Crippen LogP contribution in [0.2, 0.25) is 0 Å². The van der Waals surface area contributed by atoms with E-state index < -0.39 is 0 Å². The molecular weight excluding hydrogens is 376 g/mol. The molecule has 0 fully saturated rings. The number of aromatic nitrogens is 3. The maximum atomic E-state index is 12.3. The number of fused-ring (bicyclic) bond motifs is 1. The minimum atomic E-state index is -0.175. The van der Waals surface area contributed by atoms with Crippen LogP contribution < -0.4 is 14.8 Å². The summed E-state index contributed by atoms with van der Waals surface area (Å²) in [5.74, 6) is 1.64. The summed E-state index contributed by atoms with van der Waals surface area (Å²) in [6.45, 7) is 0. The van der Waals surface area contributed by atoms with Crippen LogP contribution >= 0.6 is 11.3 Å². The lowest BCUT2D eigenvalue weighted by Gasteiger charge is -2.04. The van der Waals surface area contributed by atoms with E-state index in [4.69, 9.17) is 9.47 Å². The van der Waals surface area contributed by atoms with Gasteiger partial charge < -0.3 is 9.47 Å². The molecule has 1 amide bonds. The SMILES string of the molecule is COc1ccc(CC(=O)Nc2nc3scc(-c4cccc(OC)c4)n3n2)cc1. The summed E-state index contributed by atoms with van der Waals surface area (Å²) in [4.78, 5) is 17.4. The third kappa shape index (κ3) is 3.67. The number of anilines is 1. The first-order chi connectivity index (χ1) is 13.7. The van der Waals surface area contributed by atoms with Crippen molar-refractivity contribution < 1.29 is 14.3 Å². The third-order valence-corrected chi connectivity index (χ3v) is 5.04. The fraction of sp³-hybridized carbons (Fsp3) is 0.150. The van der Waals surface area contributed by atoms with E-state index in [2.05, 4.69) is 15.4 Å². The van der Waals surface area contributed by atoms with Gasteiger partial charge in [0.25, 0.3) is 0 Å². The molecule has 1 N–H and O–H groups in total. The Bertz CT molecular complexity index is 1120. The molecule has 28 heavy (non-hydrogen) atoms. The highest BCUT2D eigenvalue weighted by Gasteiger charge is 2.14. The predicted molar refractivity (Wildman–Crippen MR) is 108 cm³/mol. The van der Waals surface area contributed by atoms with Gasteiger partial charge in [-0.3, -0.25) is 10.1 Å². The zero-order valence-corrected chi connectivity index (χ0v) is 16.2. The van der Waals surface area contributed by atoms with Crippen LogP contribution in [0.3, 0.4) is 0 Å². The Morgan fingerprint density at radius 2 is 1.89 bits per heavy atom. The topological polar surface area (TPSA) is 77.8 Å². The number of thiazole rings is 1. The van der Waals surface area contributed by atoms with Gasteiger partial charge in [-0.25, -0.2) is 4.52 Å². The van der Waals surface area contributed by atoms with E-state index in [9.17, 15) is 4.79 Å². The van der Waals surface area contributed by atoms with E-state index in [1.807, 2.05) is 53.9 Å². The predicted octanol–water partition coefficient (Wildman–Crippen LogP) is 3.66. The molecule has 8 heteroatoms. The maximum absolute atomic E-state index is 12.3. The normalized spacial score (nSPS) is 10.8. The molecule has 0 saturated heterocycles. The van der Waals surface area contributed by atoms with Crippen molar-refractivity contribution in [2.75, 3.05) is 19.5 Å². The molecule has 2 aromatic carbocycles. The molecule has 0 radical (unpaired) electrons. The Morgan fingerprint density at radius 3 is 2.64 bits per heavy atom. The molecule has 4 rings (SSSR count). The fourth-order valence-electron chi connectivity index (χ4n) is 2.81. The minimum Gasteiger partial charge on any atom is -0.497 e. The number of nitrogens with zero attached hydrogens (tertiary/aromatic N) is 3. The van der Waals surface area contributed by atoms with Gasteiger partial charge in [0.15, 0.2) is 0 Å². The molecule has 4 aromatic rings. The monoisotopic (exact) mass is 394 g/mol. The highest BCUT2D eigenvalue weighted by molar-refractivity contribution is 7.15. The van der Waals surface area contributed by atoms with Crippen molar-refractivity contribution in [1.82, 2.24) is 14.6 Å². The van der Waals surface area contributed by atoms with Gasteiger partial charge in [0, 0.05) is 10.9 Å². The lowest BCUT2D eigenvalue weighted by atomic mass is 10.1. The van der Waals surface area contributed by atoms with Crippen molar-refractivity contribution in [2.45, 2.75) is 6.42 Å². The van der Waals surface area contributed by atoms with Crippen LogP contribution in [-0.4, -0.2) is 34.7 Å². The van der Waals surface area contributed by atoms with Crippen molar-refractivity contribution in [3.8, 4) is 22.8 Å². The number of benzene rings is 2. The second-order valence-electron chi connectivity index (χ2n) is 6.06. The molecule has 2 heterocycles. The second-order valence-corrected chi connectivity index (χ2v) is 6.89. The molecular formula is C20H18N4O3S. The van der Waals surface area contributed by atoms with Crippen molar-refractivity contribution in [3.05, 3.63) is 59.5 Å². The Morgan fingerprint density at radius 1 is 1.11 bits per heavy atom. The molecule has 0 aliphatic heterocycles. The quantitative estimate of drug-likeness (QED) is 0.540. The number of methoxy groups -OCH3 is 2. The summed E-state index contributed by atoms with van der Waals surface area (Å²) in [7, 11) is 3.24. The smallest absolute Gasteiger partial charge is 0.250 e. The number of ether oxygens (including phenoxy) is 2. The second kappa shape index (κ2) is 7.69. The number of carbonyl (C=O) groups excluding carboxylic acids is 1. The molecule has 0 bridgehead atoms. The van der Waals surface area contributed by atoms with E-state index in [0.29, 0.717) is 4.96 Å². The summed E-state index contributed by atoms with van der Waals surface area (Å²) in [5, 5.41) is 9.18. The number of carbonyl (C=O) groups is 1. The van der Waals surface area contributed by atoms with Gasteiger partial charge in [0.1, 0.15) is 11.5 Å². The Kier molecular flexibility index (Phi) is 4.94. The lowest BCUT2D eigenvalue weighted by Crippen LogP contribution is -2.15. The standard InChI is InChI=1S/C20H18N4O3S/c1-26-15-8-6-13(7-9-15)10-18(25)21-19-22-20-24(23-19)17(12-28-20)14-4-3-5-16(11-14)27-2/h3-9,11-12H,10H2,1-2H3,(H,21,23,25). The molecule has 0 aliphatic rings. The average molecular weight is 394 g/mol. The number of amides is 1. The average Bonchev–Trinajstić information content (AvgIpc) is 3.28. The van der Waals surface area contributed by atoms with E-state index in [-0.39, 0.29) is 18.3 Å². The van der Waals surface area contributed by atoms with Gasteiger partial charge in [0.05, 0.1) is 26.3 Å². The van der Waals surface area contributed by atoms with Gasteiger partial charge in [0.2, 0.25) is 16.8 Å². The van der Waals surface area contributed by atoms with Gasteiger partial charge >= 0.3 is 0 Å². The minimum absolute atomic E-state index is 0.175. The van der Waals surface area contributed by atoms with Crippen molar-refractivity contribution in [3.63, 3.8) is 0 Å². The van der Waals surface area contributed by atoms with E-state index in [0.717, 1.165) is 28.3 Å². The molecule has 0 atom stereocenters. The van der Waals surface area contributed by atoms with Gasteiger partial charge in [-0.15, -0.1) is 16.4 Å². The summed E-state index contributed by atoms with van der Waals surface area (Å²) in [5.41, 5.74) is 2.74. The van der Waals surface area contributed by atoms with Gasteiger partial charge in [-0.2, -0.15) is 4.98 Å². The van der Waals surface area contributed by atoms with E-state index in [1.54, 1.807) is 18.7 Å². The third-order valence-electron chi connectivity index (χ3n) is 4.22. The zero-order valence-electron chi connectivity index (χ0n) is 15.4. The number of hydrogen-bond donors (Lipinski definition) is 1. The summed E-state index contributed by atoms with van der Waals surface area (Å²) in [6.07, 6.45) is 0.236. The number of nitrogens with one attached hydrogen (secondary N) is 1. The Labute approximate surface area is 165 Å². The summed E-state index contributed by atoms with van der Waals surface area (Å²) in [6, 6.07) is 15.1. The highest BCUT2D eigenvalue weighted by atomic mass is 32.1. The number of hydrogen-bond acceptors (Lipinski definition) is 6. The molecule has 0 saturated carbocycles. The largest absolute Gasteiger partial charge is 0.497 e. The molecule has 0 spiro atoms. The lowest BCUT2D eigenvalue weighted by molar-refractivity contribution is -0.115. The Hall–Kier alpha value is -3.39. The van der Waals surface area contributed by atoms with Crippen LogP contribution in [0, 0.1) is 0 Å². The van der Waals surface area contributed by atoms with Crippen molar-refractivity contribution in [2.24, 2.45) is 0 Å². The molecule has 7 nitrogen and oxygen atoms in total. The Balaban J connectivity index is 1.51. The molecule has 0 aliphatic carbocycles. The van der Waals surface area contributed by atoms with Crippen LogP contribution in [0.25, 0.3) is 16.2 Å². The molecule has 142 valence electrons. The van der Waals surface area contributed by atoms with Crippen LogP contribution in [0.1, 0.15) is 5.56 Å². The highest BCUT2D eigenvalue weighted by Crippen LogP contribution is 2.28. The van der Waals surface area contributed by atoms with E-state index >= 15 is 0 Å². The first-order valence-electron chi connectivity index (χ1n) is 8.58. The van der Waals surface area contributed by atoms with Crippen LogP contribution in [0.15, 0.2) is 53.9 Å². The maximum Gasteiger partial charge on any atom is 0.250 e. The number of rotatable bonds is 6.